The van der Waals surface area contributed by atoms with Crippen LogP contribution in [0.3, 0.4) is 0 Å². The maximum Gasteiger partial charge on any atom is 0.264 e. The zero-order chi connectivity index (χ0) is 23.0. The molecule has 166 valence electrons. The van der Waals surface area contributed by atoms with E-state index in [4.69, 9.17) is 16.3 Å². The average Bonchev–Trinajstić information content (AvgIpc) is 2.81. The number of hydrogen-bond donors (Lipinski definition) is 1. The maximum absolute atomic E-state index is 13.3. The van der Waals surface area contributed by atoms with Crippen LogP contribution in [-0.2, 0) is 10.0 Å². The Morgan fingerprint density at radius 1 is 1.03 bits per heavy atom. The lowest BCUT2D eigenvalue weighted by atomic mass is 10.2. The average molecular weight is 471 g/mol. The van der Waals surface area contributed by atoms with Crippen molar-refractivity contribution in [3.05, 3.63) is 102 Å². The highest BCUT2D eigenvalue weighted by molar-refractivity contribution is 7.92. The van der Waals surface area contributed by atoms with Gasteiger partial charge in [-0.2, -0.15) is 0 Å². The van der Waals surface area contributed by atoms with Crippen LogP contribution in [-0.4, -0.2) is 34.0 Å². The summed E-state index contributed by atoms with van der Waals surface area (Å²) in [4.78, 5) is 12.5. The fourth-order valence-corrected chi connectivity index (χ4v) is 4.76. The van der Waals surface area contributed by atoms with Crippen molar-refractivity contribution in [2.24, 2.45) is 0 Å². The van der Waals surface area contributed by atoms with Crippen LogP contribution in [0, 0.1) is 0 Å². The molecule has 1 N–H and O–H groups in total. The summed E-state index contributed by atoms with van der Waals surface area (Å²) >= 11 is 6.23. The smallest absolute Gasteiger partial charge is 0.264 e. The number of ether oxygens (including phenoxy) is 1. The molecular weight excluding hydrogens is 448 g/mol. The van der Waals surface area contributed by atoms with Crippen LogP contribution in [0.4, 0.5) is 5.69 Å². The van der Waals surface area contributed by atoms with Crippen molar-refractivity contribution in [1.82, 2.24) is 5.32 Å². The molecule has 0 aromatic heterocycles. The van der Waals surface area contributed by atoms with E-state index in [9.17, 15) is 13.2 Å². The summed E-state index contributed by atoms with van der Waals surface area (Å²) in [5.74, 6) is 0.309. The van der Waals surface area contributed by atoms with E-state index in [0.29, 0.717) is 16.5 Å². The SMILES string of the molecule is C=CCN(c1ccccc1Cl)S(=O)(=O)c1cccc(C(=O)NCCOc2ccccc2)c1. The van der Waals surface area contributed by atoms with Gasteiger partial charge >= 0.3 is 0 Å². The first-order valence-corrected chi connectivity index (χ1v) is 11.7. The summed E-state index contributed by atoms with van der Waals surface area (Å²) in [5.41, 5.74) is 0.561. The van der Waals surface area contributed by atoms with Crippen LogP contribution in [0.5, 0.6) is 5.75 Å². The van der Waals surface area contributed by atoms with Gasteiger partial charge in [0, 0.05) is 5.56 Å². The maximum atomic E-state index is 13.3. The molecule has 0 heterocycles. The molecule has 0 aliphatic heterocycles. The summed E-state index contributed by atoms with van der Waals surface area (Å²) in [7, 11) is -3.98. The van der Waals surface area contributed by atoms with Crippen molar-refractivity contribution in [2.75, 3.05) is 24.0 Å². The number of anilines is 1. The number of sulfonamides is 1. The normalized spacial score (nSPS) is 10.9. The van der Waals surface area contributed by atoms with Gasteiger partial charge in [-0.15, -0.1) is 6.58 Å². The first-order valence-electron chi connectivity index (χ1n) is 9.88. The standard InChI is InChI=1S/C24H23ClN2O4S/c1-2-16-27(23-14-7-6-13-22(23)25)32(29,30)21-12-8-9-19(18-21)24(28)26-15-17-31-20-10-4-3-5-11-20/h2-14,18H,1,15-17H2,(H,26,28). The van der Waals surface area contributed by atoms with E-state index >= 15 is 0 Å². The molecule has 0 saturated carbocycles. The predicted molar refractivity (Wildman–Crippen MR) is 127 cm³/mol. The lowest BCUT2D eigenvalue weighted by Crippen LogP contribution is -2.32. The molecule has 0 bridgehead atoms. The molecule has 0 saturated heterocycles. The van der Waals surface area contributed by atoms with Crippen LogP contribution in [0.15, 0.2) is 96.4 Å². The third-order valence-corrected chi connectivity index (χ3v) is 6.60. The molecule has 3 rings (SSSR count). The van der Waals surface area contributed by atoms with Gasteiger partial charge in [0.15, 0.2) is 0 Å². The largest absolute Gasteiger partial charge is 0.492 e. The zero-order valence-electron chi connectivity index (χ0n) is 17.3. The van der Waals surface area contributed by atoms with Crippen LogP contribution < -0.4 is 14.4 Å². The highest BCUT2D eigenvalue weighted by atomic mass is 35.5. The van der Waals surface area contributed by atoms with E-state index in [1.165, 1.54) is 24.3 Å². The summed E-state index contributed by atoms with van der Waals surface area (Å²) in [6.07, 6.45) is 1.48. The number of benzene rings is 3. The lowest BCUT2D eigenvalue weighted by Gasteiger charge is -2.24. The van der Waals surface area contributed by atoms with E-state index in [1.54, 1.807) is 30.3 Å². The van der Waals surface area contributed by atoms with Gasteiger partial charge in [0.2, 0.25) is 0 Å². The minimum Gasteiger partial charge on any atom is -0.492 e. The number of nitrogens with zero attached hydrogens (tertiary/aromatic N) is 1. The molecule has 0 unspecified atom stereocenters. The second kappa shape index (κ2) is 10.8. The van der Waals surface area contributed by atoms with Crippen molar-refractivity contribution >= 4 is 33.2 Å². The summed E-state index contributed by atoms with van der Waals surface area (Å²) < 4.78 is 33.4. The first kappa shape index (κ1) is 23.4. The van der Waals surface area contributed by atoms with Crippen LogP contribution in [0.25, 0.3) is 0 Å². The van der Waals surface area contributed by atoms with Crippen LogP contribution in [0.1, 0.15) is 10.4 Å². The summed E-state index contributed by atoms with van der Waals surface area (Å²) in [5, 5.41) is 3.03. The third kappa shape index (κ3) is 5.69. The van der Waals surface area contributed by atoms with Gasteiger partial charge < -0.3 is 10.1 Å². The minimum atomic E-state index is -3.98. The van der Waals surface area contributed by atoms with Crippen molar-refractivity contribution in [1.29, 1.82) is 0 Å². The molecule has 1 amide bonds. The number of halogens is 1. The monoisotopic (exact) mass is 470 g/mol. The van der Waals surface area contributed by atoms with Crippen molar-refractivity contribution < 1.29 is 17.9 Å². The Morgan fingerprint density at radius 2 is 1.75 bits per heavy atom. The van der Waals surface area contributed by atoms with Crippen molar-refractivity contribution in [3.8, 4) is 5.75 Å². The Bertz CT molecular complexity index is 1180. The zero-order valence-corrected chi connectivity index (χ0v) is 18.9. The van der Waals surface area contributed by atoms with Gasteiger partial charge in [-0.05, 0) is 42.5 Å². The molecule has 0 spiro atoms. The van der Waals surface area contributed by atoms with Gasteiger partial charge in [0.05, 0.1) is 28.7 Å². The number of para-hydroxylation sites is 2. The number of rotatable bonds is 10. The Hall–Kier alpha value is -3.29. The van der Waals surface area contributed by atoms with Gasteiger partial charge in [-0.25, -0.2) is 8.42 Å². The Balaban J connectivity index is 1.73. The van der Waals surface area contributed by atoms with E-state index < -0.39 is 15.9 Å². The van der Waals surface area contributed by atoms with Gasteiger partial charge in [0.1, 0.15) is 12.4 Å². The number of nitrogens with one attached hydrogen (secondary N) is 1. The number of carbonyl (C=O) groups excluding carboxylic acids is 1. The van der Waals surface area contributed by atoms with Crippen molar-refractivity contribution in [2.45, 2.75) is 4.90 Å². The molecule has 0 atom stereocenters. The fraction of sp³-hybridized carbons (Fsp3) is 0.125. The molecule has 0 radical (unpaired) electrons. The summed E-state index contributed by atoms with van der Waals surface area (Å²) in [6.45, 7) is 4.23. The van der Waals surface area contributed by atoms with Crippen LogP contribution in [0.2, 0.25) is 5.02 Å². The van der Waals surface area contributed by atoms with E-state index in [2.05, 4.69) is 11.9 Å². The van der Waals surface area contributed by atoms with Gasteiger partial charge in [0.25, 0.3) is 15.9 Å². The van der Waals surface area contributed by atoms with Gasteiger partial charge in [-0.1, -0.05) is 54.1 Å². The Labute approximate surface area is 193 Å². The Kier molecular flexibility index (Phi) is 7.92. The van der Waals surface area contributed by atoms with Gasteiger partial charge in [-0.3, -0.25) is 9.10 Å². The Morgan fingerprint density at radius 3 is 2.47 bits per heavy atom. The highest BCUT2D eigenvalue weighted by Crippen LogP contribution is 2.30. The second-order valence-corrected chi connectivity index (χ2v) is 8.99. The first-order chi connectivity index (χ1) is 15.4. The van der Waals surface area contributed by atoms with Crippen molar-refractivity contribution in [3.63, 3.8) is 0 Å². The topological polar surface area (TPSA) is 75.7 Å². The number of hydrogen-bond acceptors (Lipinski definition) is 4. The molecule has 8 heteroatoms. The van der Waals surface area contributed by atoms with E-state index in [0.717, 1.165) is 4.31 Å². The molecule has 6 nitrogen and oxygen atoms in total. The molecule has 3 aromatic carbocycles. The number of amides is 1. The molecule has 0 fully saturated rings. The summed E-state index contributed by atoms with van der Waals surface area (Å²) in [6, 6.07) is 21.8. The molecule has 32 heavy (non-hydrogen) atoms. The molecular formula is C24H23ClN2O4S. The van der Waals surface area contributed by atoms with E-state index in [1.807, 2.05) is 30.3 Å². The number of carbonyl (C=O) groups is 1. The lowest BCUT2D eigenvalue weighted by molar-refractivity contribution is 0.0947. The minimum absolute atomic E-state index is 0.0209. The van der Waals surface area contributed by atoms with Crippen LogP contribution >= 0.6 is 11.6 Å². The molecule has 0 aliphatic carbocycles. The molecule has 3 aromatic rings. The van der Waals surface area contributed by atoms with E-state index in [-0.39, 0.29) is 30.2 Å². The quantitative estimate of drug-likeness (QED) is 0.349. The third-order valence-electron chi connectivity index (χ3n) is 4.50. The second-order valence-electron chi connectivity index (χ2n) is 6.72. The predicted octanol–water partition coefficient (Wildman–Crippen LogP) is 4.53. The molecule has 0 aliphatic rings. The highest BCUT2D eigenvalue weighted by Gasteiger charge is 2.26. The fourth-order valence-electron chi connectivity index (χ4n) is 2.97.